The molecule has 1 aromatic heterocycles. The number of aromatic nitrogens is 1. The average Bonchev–Trinajstić information content (AvgIpc) is 3.17. The molecule has 0 saturated heterocycles. The van der Waals surface area contributed by atoms with E-state index in [0.717, 1.165) is 5.56 Å². The number of ether oxygens (including phenoxy) is 4. The van der Waals surface area contributed by atoms with E-state index in [9.17, 15) is 9.59 Å². The molecule has 0 spiro atoms. The molecule has 1 unspecified atom stereocenters. The lowest BCUT2D eigenvalue weighted by molar-refractivity contribution is -0.139. The molecule has 0 bridgehead atoms. The topological polar surface area (TPSA) is 88.4 Å². The van der Waals surface area contributed by atoms with E-state index in [4.69, 9.17) is 18.9 Å². The highest BCUT2D eigenvalue weighted by Gasteiger charge is 2.35. The highest BCUT2D eigenvalue weighted by atomic mass is 32.1. The van der Waals surface area contributed by atoms with E-state index in [1.54, 1.807) is 59.5 Å². The van der Waals surface area contributed by atoms with Crippen molar-refractivity contribution in [2.45, 2.75) is 19.9 Å². The van der Waals surface area contributed by atoms with E-state index in [-0.39, 0.29) is 17.7 Å². The van der Waals surface area contributed by atoms with Crippen molar-refractivity contribution in [1.29, 1.82) is 0 Å². The summed E-state index contributed by atoms with van der Waals surface area (Å²) in [6, 6.07) is 11.9. The van der Waals surface area contributed by atoms with Crippen LogP contribution in [0.5, 0.6) is 17.2 Å². The van der Waals surface area contributed by atoms with E-state index < -0.39 is 12.0 Å². The van der Waals surface area contributed by atoms with Crippen LogP contribution < -0.4 is 29.1 Å². The number of benzene rings is 2. The highest BCUT2D eigenvalue weighted by molar-refractivity contribution is 7.07. The normalized spacial score (nSPS) is 15.3. The number of hydrogen-bond acceptors (Lipinski definition) is 8. The third-order valence-electron chi connectivity index (χ3n) is 5.64. The van der Waals surface area contributed by atoms with Crippen LogP contribution in [0, 0.1) is 0 Å². The predicted molar refractivity (Wildman–Crippen MR) is 133 cm³/mol. The fraction of sp³-hybridized carbons (Fsp3) is 0.269. The molecule has 0 saturated carbocycles. The minimum atomic E-state index is -0.803. The molecule has 0 radical (unpaired) electrons. The van der Waals surface area contributed by atoms with Gasteiger partial charge in [0.15, 0.2) is 4.80 Å². The van der Waals surface area contributed by atoms with E-state index in [2.05, 4.69) is 4.99 Å². The van der Waals surface area contributed by atoms with E-state index in [1.807, 2.05) is 24.3 Å². The predicted octanol–water partition coefficient (Wildman–Crippen LogP) is 2.82. The second-order valence-corrected chi connectivity index (χ2v) is 8.70. The second kappa shape index (κ2) is 10.2. The van der Waals surface area contributed by atoms with Crippen molar-refractivity contribution in [2.75, 3.05) is 27.9 Å². The Hall–Kier alpha value is -3.85. The Morgan fingerprint density at radius 2 is 1.83 bits per heavy atom. The largest absolute Gasteiger partial charge is 0.497 e. The number of thiazole rings is 1. The van der Waals surface area contributed by atoms with Crippen LogP contribution in [0.25, 0.3) is 6.08 Å². The maximum Gasteiger partial charge on any atom is 0.338 e. The summed E-state index contributed by atoms with van der Waals surface area (Å²) in [5, 5.41) is 0. The van der Waals surface area contributed by atoms with Gasteiger partial charge in [-0.25, -0.2) is 9.79 Å². The molecule has 182 valence electrons. The van der Waals surface area contributed by atoms with Crippen LogP contribution in [0.1, 0.15) is 31.0 Å². The van der Waals surface area contributed by atoms with Gasteiger partial charge in [0.1, 0.15) is 23.3 Å². The molecule has 4 rings (SSSR count). The molecule has 2 aromatic carbocycles. The lowest BCUT2D eigenvalue weighted by Crippen LogP contribution is -2.40. The number of rotatable bonds is 7. The molecule has 0 amide bonds. The van der Waals surface area contributed by atoms with Crippen LogP contribution in [0.15, 0.2) is 63.5 Å². The number of esters is 1. The minimum Gasteiger partial charge on any atom is -0.497 e. The Labute approximate surface area is 206 Å². The summed E-state index contributed by atoms with van der Waals surface area (Å²) >= 11 is 1.25. The molecular weight excluding hydrogens is 468 g/mol. The van der Waals surface area contributed by atoms with Crippen LogP contribution in [-0.4, -0.2) is 38.5 Å². The maximum absolute atomic E-state index is 13.7. The van der Waals surface area contributed by atoms with Crippen molar-refractivity contribution >= 4 is 23.4 Å². The van der Waals surface area contributed by atoms with Gasteiger partial charge in [-0.3, -0.25) is 9.36 Å². The van der Waals surface area contributed by atoms with Crippen LogP contribution in [0.4, 0.5) is 0 Å². The summed E-state index contributed by atoms with van der Waals surface area (Å²) in [4.78, 5) is 31.9. The van der Waals surface area contributed by atoms with Gasteiger partial charge in [0.05, 0.1) is 43.7 Å². The Balaban J connectivity index is 2.00. The molecule has 3 aromatic rings. The average molecular weight is 495 g/mol. The first-order chi connectivity index (χ1) is 16.9. The molecule has 1 atom stereocenters. The van der Waals surface area contributed by atoms with Crippen LogP contribution in [-0.2, 0) is 9.53 Å². The molecule has 0 N–H and O–H groups in total. The van der Waals surface area contributed by atoms with Crippen LogP contribution in [0.2, 0.25) is 0 Å². The first kappa shape index (κ1) is 24.3. The van der Waals surface area contributed by atoms with Gasteiger partial charge in [-0.05, 0) is 55.8 Å². The van der Waals surface area contributed by atoms with Crippen molar-refractivity contribution < 1.29 is 23.7 Å². The van der Waals surface area contributed by atoms with E-state index in [0.29, 0.717) is 37.8 Å². The molecule has 2 heterocycles. The number of carbonyl (C=O) groups excluding carboxylic acids is 1. The van der Waals surface area contributed by atoms with Gasteiger partial charge in [0.25, 0.3) is 5.56 Å². The molecule has 1 aliphatic rings. The van der Waals surface area contributed by atoms with Gasteiger partial charge in [-0.1, -0.05) is 23.5 Å². The van der Waals surface area contributed by atoms with Crippen LogP contribution in [0.3, 0.4) is 0 Å². The van der Waals surface area contributed by atoms with Gasteiger partial charge in [0, 0.05) is 5.56 Å². The first-order valence-electron chi connectivity index (χ1n) is 11.0. The Kier molecular flexibility index (Phi) is 7.07. The fourth-order valence-corrected chi connectivity index (χ4v) is 5.07. The quantitative estimate of drug-likeness (QED) is 0.470. The van der Waals surface area contributed by atoms with Crippen LogP contribution >= 0.6 is 11.3 Å². The fourth-order valence-electron chi connectivity index (χ4n) is 4.02. The molecular formula is C26H26N2O6S. The molecule has 9 heteroatoms. The molecule has 35 heavy (non-hydrogen) atoms. The number of fused-ring (bicyclic) bond motifs is 1. The lowest BCUT2D eigenvalue weighted by atomic mass is 9.94. The summed E-state index contributed by atoms with van der Waals surface area (Å²) in [7, 11) is 4.69. The summed E-state index contributed by atoms with van der Waals surface area (Å²) in [6.07, 6.45) is 1.79. The third-order valence-corrected chi connectivity index (χ3v) is 6.62. The Morgan fingerprint density at radius 1 is 1.09 bits per heavy atom. The number of carbonyl (C=O) groups is 1. The van der Waals surface area contributed by atoms with Gasteiger partial charge >= 0.3 is 5.97 Å². The number of hydrogen-bond donors (Lipinski definition) is 0. The standard InChI is InChI=1S/C26H26N2O6S/c1-6-34-25(30)22-15(2)27-26-28(23(22)19-14-18(32-4)10-11-20(19)33-5)24(29)21(35-26)13-16-8-7-9-17(12-16)31-3/h7-14,23H,6H2,1-5H3. The monoisotopic (exact) mass is 494 g/mol. The number of nitrogens with zero attached hydrogens (tertiary/aromatic N) is 2. The summed E-state index contributed by atoms with van der Waals surface area (Å²) in [5.74, 6) is 1.23. The summed E-state index contributed by atoms with van der Waals surface area (Å²) < 4.78 is 23.7. The molecule has 0 aliphatic carbocycles. The molecule has 0 fully saturated rings. The van der Waals surface area contributed by atoms with Crippen molar-refractivity contribution in [2.24, 2.45) is 4.99 Å². The first-order valence-corrected chi connectivity index (χ1v) is 11.8. The summed E-state index contributed by atoms with van der Waals surface area (Å²) in [5.41, 5.74) is 1.89. The van der Waals surface area contributed by atoms with Gasteiger partial charge < -0.3 is 18.9 Å². The van der Waals surface area contributed by atoms with E-state index >= 15 is 0 Å². The SMILES string of the molecule is CCOC(=O)C1=C(C)N=c2sc(=Cc3cccc(OC)c3)c(=O)n2C1c1cc(OC)ccc1OC. The minimum absolute atomic E-state index is 0.192. The smallest absolute Gasteiger partial charge is 0.338 e. The van der Waals surface area contributed by atoms with Gasteiger partial charge in [-0.2, -0.15) is 0 Å². The lowest BCUT2D eigenvalue weighted by Gasteiger charge is -2.26. The highest BCUT2D eigenvalue weighted by Crippen LogP contribution is 2.37. The third kappa shape index (κ3) is 4.59. The van der Waals surface area contributed by atoms with Crippen molar-refractivity contribution in [3.63, 3.8) is 0 Å². The Morgan fingerprint density at radius 3 is 2.51 bits per heavy atom. The zero-order chi connectivity index (χ0) is 25.1. The van der Waals surface area contributed by atoms with Gasteiger partial charge in [-0.15, -0.1) is 0 Å². The zero-order valence-electron chi connectivity index (χ0n) is 20.2. The van der Waals surface area contributed by atoms with Crippen molar-refractivity contribution in [1.82, 2.24) is 4.57 Å². The number of allylic oxidation sites excluding steroid dienone is 1. The Bertz CT molecular complexity index is 1480. The van der Waals surface area contributed by atoms with Crippen molar-refractivity contribution in [3.05, 3.63) is 84.5 Å². The molecule has 8 nitrogen and oxygen atoms in total. The second-order valence-electron chi connectivity index (χ2n) is 7.69. The maximum atomic E-state index is 13.7. The molecule has 1 aliphatic heterocycles. The summed E-state index contributed by atoms with van der Waals surface area (Å²) in [6.45, 7) is 3.67. The zero-order valence-corrected chi connectivity index (χ0v) is 21.0. The van der Waals surface area contributed by atoms with Crippen molar-refractivity contribution in [3.8, 4) is 17.2 Å². The van der Waals surface area contributed by atoms with Gasteiger partial charge in [0.2, 0.25) is 0 Å². The number of methoxy groups -OCH3 is 3. The van der Waals surface area contributed by atoms with E-state index in [1.165, 1.54) is 15.9 Å².